The maximum absolute atomic E-state index is 12.4. The quantitative estimate of drug-likeness (QED) is 0.770. The predicted molar refractivity (Wildman–Crippen MR) is 97.1 cm³/mol. The molecule has 1 heterocycles. The third-order valence-electron chi connectivity index (χ3n) is 4.45. The van der Waals surface area contributed by atoms with Crippen LogP contribution in [0.1, 0.15) is 29.5 Å². The second-order valence-electron chi connectivity index (χ2n) is 6.27. The first kappa shape index (κ1) is 18.0. The molecule has 1 amide bonds. The number of benzene rings is 2. The number of carbonyl (C=O) groups excluding carboxylic acids is 2. The summed E-state index contributed by atoms with van der Waals surface area (Å²) in [7, 11) is 0. The Morgan fingerprint density at radius 3 is 2.50 bits per heavy atom. The summed E-state index contributed by atoms with van der Waals surface area (Å²) in [6.07, 6.45) is 0.864. The van der Waals surface area contributed by atoms with Crippen LogP contribution < -0.4 is 0 Å². The van der Waals surface area contributed by atoms with Crippen LogP contribution in [0.2, 0.25) is 0 Å². The molecular weight excluding hydrogens is 330 g/mol. The van der Waals surface area contributed by atoms with Crippen LogP contribution in [0, 0.1) is 6.92 Å². The summed E-state index contributed by atoms with van der Waals surface area (Å²) in [5.74, 6) is -0.401. The van der Waals surface area contributed by atoms with Gasteiger partial charge in [0.05, 0.1) is 0 Å². The molecule has 2 aromatic carbocycles. The van der Waals surface area contributed by atoms with Crippen LogP contribution in [-0.4, -0.2) is 29.5 Å². The van der Waals surface area contributed by atoms with E-state index in [1.54, 1.807) is 0 Å². The van der Waals surface area contributed by atoms with Gasteiger partial charge in [0.15, 0.2) is 0 Å². The fourth-order valence-corrected chi connectivity index (χ4v) is 2.98. The van der Waals surface area contributed by atoms with Crippen LogP contribution >= 0.6 is 0 Å². The van der Waals surface area contributed by atoms with Gasteiger partial charge in [-0.3, -0.25) is 4.90 Å². The van der Waals surface area contributed by atoms with Crippen LogP contribution in [0.4, 0.5) is 4.79 Å². The van der Waals surface area contributed by atoms with E-state index in [1.165, 1.54) is 4.90 Å². The molecule has 5 nitrogen and oxygen atoms in total. The lowest BCUT2D eigenvalue weighted by molar-refractivity contribution is -0.149. The number of hydrogen-bond donors (Lipinski definition) is 0. The third-order valence-corrected chi connectivity index (χ3v) is 4.45. The molecule has 1 aliphatic rings. The maximum atomic E-state index is 12.4. The van der Waals surface area contributed by atoms with Crippen LogP contribution in [0.15, 0.2) is 54.6 Å². The van der Waals surface area contributed by atoms with Crippen molar-refractivity contribution in [1.82, 2.24) is 4.90 Å². The van der Waals surface area contributed by atoms with Crippen LogP contribution in [-0.2, 0) is 27.5 Å². The average Bonchev–Trinajstić information content (AvgIpc) is 3.16. The van der Waals surface area contributed by atoms with Gasteiger partial charge in [-0.15, -0.1) is 0 Å². The number of hydrogen-bond acceptors (Lipinski definition) is 4. The Balaban J connectivity index is 1.54. The molecule has 1 radical (unpaired) electrons. The van der Waals surface area contributed by atoms with Gasteiger partial charge in [-0.2, -0.15) is 0 Å². The first-order valence-corrected chi connectivity index (χ1v) is 8.69. The number of nitrogens with zero attached hydrogens (tertiary/aromatic N) is 1. The molecule has 1 atom stereocenters. The Hall–Kier alpha value is -2.82. The lowest BCUT2D eigenvalue weighted by atomic mass is 10.1. The SMILES string of the molecule is [CH2]c1ccccc1COC(=O)[C@H]1CCCN1C(=O)OCc1ccccc1. The van der Waals surface area contributed by atoms with Crippen molar-refractivity contribution in [2.24, 2.45) is 0 Å². The summed E-state index contributed by atoms with van der Waals surface area (Å²) >= 11 is 0. The van der Waals surface area contributed by atoms with Gasteiger partial charge in [0.2, 0.25) is 0 Å². The molecular formula is C21H22NO4. The number of likely N-dealkylation sites (tertiary alicyclic amines) is 1. The first-order valence-electron chi connectivity index (χ1n) is 8.69. The van der Waals surface area contributed by atoms with Gasteiger partial charge >= 0.3 is 12.1 Å². The van der Waals surface area contributed by atoms with Gasteiger partial charge < -0.3 is 9.47 Å². The van der Waals surface area contributed by atoms with Gasteiger partial charge in [0, 0.05) is 6.54 Å². The molecule has 0 aromatic heterocycles. The molecule has 1 aliphatic heterocycles. The Bertz CT molecular complexity index is 760. The lowest BCUT2D eigenvalue weighted by Gasteiger charge is -2.22. The molecule has 2 aromatic rings. The van der Waals surface area contributed by atoms with E-state index < -0.39 is 18.1 Å². The zero-order valence-electron chi connectivity index (χ0n) is 14.6. The van der Waals surface area contributed by atoms with Crippen LogP contribution in [0.3, 0.4) is 0 Å². The standard InChI is InChI=1S/C21H22NO4/c1-16-8-5-6-11-18(16)15-25-20(23)19-12-7-13-22(19)21(24)26-14-17-9-3-2-4-10-17/h2-6,8-11,19H,1,7,12-15H2/t19-/m1/s1. The number of esters is 1. The minimum Gasteiger partial charge on any atom is -0.459 e. The van der Waals surface area contributed by atoms with E-state index in [-0.39, 0.29) is 13.2 Å². The van der Waals surface area contributed by atoms with E-state index in [0.29, 0.717) is 13.0 Å². The fraction of sp³-hybridized carbons (Fsp3) is 0.286. The molecule has 1 fully saturated rings. The largest absolute Gasteiger partial charge is 0.459 e. The van der Waals surface area contributed by atoms with Crippen molar-refractivity contribution in [1.29, 1.82) is 0 Å². The minimum atomic E-state index is -0.588. The Kier molecular flexibility index (Phi) is 5.89. The Labute approximate surface area is 153 Å². The molecule has 0 N–H and O–H groups in total. The second kappa shape index (κ2) is 8.52. The highest BCUT2D eigenvalue weighted by molar-refractivity contribution is 5.82. The van der Waals surface area contributed by atoms with Crippen molar-refractivity contribution in [3.05, 3.63) is 78.2 Å². The van der Waals surface area contributed by atoms with Crippen LogP contribution in [0.5, 0.6) is 0 Å². The summed E-state index contributed by atoms with van der Waals surface area (Å²) in [5, 5.41) is 0. The Morgan fingerprint density at radius 2 is 1.73 bits per heavy atom. The molecule has 0 bridgehead atoms. The van der Waals surface area contributed by atoms with Gasteiger partial charge in [-0.25, -0.2) is 9.59 Å². The van der Waals surface area contributed by atoms with Crippen molar-refractivity contribution >= 4 is 12.1 Å². The van der Waals surface area contributed by atoms with Gasteiger partial charge in [0.1, 0.15) is 19.3 Å². The van der Waals surface area contributed by atoms with Gasteiger partial charge in [-0.05, 0) is 36.5 Å². The zero-order valence-corrected chi connectivity index (χ0v) is 14.6. The lowest BCUT2D eigenvalue weighted by Crippen LogP contribution is -2.41. The van der Waals surface area contributed by atoms with Crippen LogP contribution in [0.25, 0.3) is 0 Å². The van der Waals surface area contributed by atoms with Crippen molar-refractivity contribution in [3.63, 3.8) is 0 Å². The highest BCUT2D eigenvalue weighted by Crippen LogP contribution is 2.21. The van der Waals surface area contributed by atoms with E-state index in [1.807, 2.05) is 54.6 Å². The number of amides is 1. The molecule has 3 rings (SSSR count). The van der Waals surface area contributed by atoms with E-state index in [9.17, 15) is 9.59 Å². The van der Waals surface area contributed by atoms with Crippen molar-refractivity contribution in [3.8, 4) is 0 Å². The Morgan fingerprint density at radius 1 is 1.00 bits per heavy atom. The monoisotopic (exact) mass is 352 g/mol. The van der Waals surface area contributed by atoms with Gasteiger partial charge in [0.25, 0.3) is 0 Å². The molecule has 135 valence electrons. The third kappa shape index (κ3) is 4.42. The molecule has 0 saturated carbocycles. The summed E-state index contributed by atoms with van der Waals surface area (Å²) < 4.78 is 10.8. The topological polar surface area (TPSA) is 55.8 Å². The maximum Gasteiger partial charge on any atom is 0.410 e. The van der Waals surface area contributed by atoms with E-state index >= 15 is 0 Å². The first-order chi connectivity index (χ1) is 12.6. The summed E-state index contributed by atoms with van der Waals surface area (Å²) in [6, 6.07) is 16.4. The second-order valence-corrected chi connectivity index (χ2v) is 6.27. The van der Waals surface area contributed by atoms with Crippen molar-refractivity contribution < 1.29 is 19.1 Å². The summed E-state index contributed by atoms with van der Waals surface area (Å²) in [4.78, 5) is 26.2. The number of ether oxygens (including phenoxy) is 2. The predicted octanol–water partition coefficient (Wildman–Crippen LogP) is 3.71. The van der Waals surface area contributed by atoms with Crippen molar-refractivity contribution in [2.45, 2.75) is 32.1 Å². The summed E-state index contributed by atoms with van der Waals surface area (Å²) in [5.41, 5.74) is 2.59. The number of carbonyl (C=O) groups is 2. The molecule has 0 aliphatic carbocycles. The highest BCUT2D eigenvalue weighted by atomic mass is 16.6. The van der Waals surface area contributed by atoms with Gasteiger partial charge in [-0.1, -0.05) is 54.6 Å². The normalized spacial score (nSPS) is 16.3. The average molecular weight is 352 g/mol. The highest BCUT2D eigenvalue weighted by Gasteiger charge is 2.36. The van der Waals surface area contributed by atoms with E-state index in [4.69, 9.17) is 9.47 Å². The summed E-state index contributed by atoms with van der Waals surface area (Å²) in [6.45, 7) is 4.76. The fourth-order valence-electron chi connectivity index (χ4n) is 2.98. The molecule has 1 saturated heterocycles. The molecule has 0 unspecified atom stereocenters. The van der Waals surface area contributed by atoms with Crippen molar-refractivity contribution in [2.75, 3.05) is 6.54 Å². The van der Waals surface area contributed by atoms with E-state index in [2.05, 4.69) is 6.92 Å². The van der Waals surface area contributed by atoms with E-state index in [0.717, 1.165) is 23.1 Å². The molecule has 0 spiro atoms. The molecule has 26 heavy (non-hydrogen) atoms. The molecule has 5 heteroatoms. The smallest absolute Gasteiger partial charge is 0.410 e. The zero-order chi connectivity index (χ0) is 18.4. The number of rotatable bonds is 5. The minimum absolute atomic E-state index is 0.155.